The third kappa shape index (κ3) is 4.10. The minimum atomic E-state index is -3.68. The van der Waals surface area contributed by atoms with Crippen molar-refractivity contribution in [3.8, 4) is 0 Å². The van der Waals surface area contributed by atoms with E-state index in [2.05, 4.69) is 19.9 Å². The van der Waals surface area contributed by atoms with Gasteiger partial charge in [0.1, 0.15) is 0 Å². The summed E-state index contributed by atoms with van der Waals surface area (Å²) in [6.45, 7) is 4.25. The van der Waals surface area contributed by atoms with Crippen LogP contribution in [0.2, 0.25) is 0 Å². The molecule has 0 heterocycles. The van der Waals surface area contributed by atoms with Gasteiger partial charge < -0.3 is 0 Å². The molecule has 18 heavy (non-hydrogen) atoms. The van der Waals surface area contributed by atoms with Gasteiger partial charge in [0.05, 0.1) is 4.90 Å². The summed E-state index contributed by atoms with van der Waals surface area (Å²) in [5.74, 6) is 0.265. The van der Waals surface area contributed by atoms with Crippen molar-refractivity contribution in [2.75, 3.05) is 0 Å². The van der Waals surface area contributed by atoms with Crippen LogP contribution in [0.1, 0.15) is 57.4 Å². The van der Waals surface area contributed by atoms with Crippen molar-refractivity contribution < 1.29 is 8.42 Å². The van der Waals surface area contributed by atoms with E-state index < -0.39 is 10.0 Å². The lowest BCUT2D eigenvalue weighted by Crippen LogP contribution is -2.16. The van der Waals surface area contributed by atoms with Crippen molar-refractivity contribution in [1.82, 2.24) is 0 Å². The predicted octanol–water partition coefficient (Wildman–Crippen LogP) is 3.21. The van der Waals surface area contributed by atoms with E-state index in [0.717, 1.165) is 37.7 Å². The molecule has 4 heteroatoms. The quantitative estimate of drug-likeness (QED) is 0.825. The van der Waals surface area contributed by atoms with Crippen LogP contribution in [-0.2, 0) is 10.0 Å². The Hall–Kier alpha value is -0.870. The van der Waals surface area contributed by atoms with Gasteiger partial charge in [-0.1, -0.05) is 51.3 Å². The lowest BCUT2D eigenvalue weighted by molar-refractivity contribution is 0.530. The van der Waals surface area contributed by atoms with Crippen molar-refractivity contribution in [2.24, 2.45) is 5.14 Å². The molecule has 1 radical (unpaired) electrons. The molecule has 0 aliphatic carbocycles. The van der Waals surface area contributed by atoms with E-state index in [9.17, 15) is 8.42 Å². The molecule has 2 N–H and O–H groups in total. The Kier molecular flexibility index (Phi) is 5.82. The molecule has 0 bridgehead atoms. The summed E-state index contributed by atoms with van der Waals surface area (Å²) in [6, 6.07) is 8.08. The lowest BCUT2D eigenvalue weighted by atomic mass is 9.90. The molecule has 0 aromatic heterocycles. The summed E-state index contributed by atoms with van der Waals surface area (Å²) >= 11 is 0. The van der Waals surface area contributed by atoms with Gasteiger partial charge in [-0.15, -0.1) is 0 Å². The molecule has 101 valence electrons. The molecule has 0 aliphatic rings. The maximum atomic E-state index is 11.6. The predicted molar refractivity (Wildman–Crippen MR) is 73.8 cm³/mol. The zero-order valence-electron chi connectivity index (χ0n) is 11.1. The van der Waals surface area contributed by atoms with E-state index in [1.807, 2.05) is 12.1 Å². The molecule has 1 unspecified atom stereocenters. The van der Waals surface area contributed by atoms with Gasteiger partial charge in [0.2, 0.25) is 10.0 Å². The number of primary sulfonamides is 1. The Morgan fingerprint density at radius 1 is 1.28 bits per heavy atom. The Morgan fingerprint density at radius 3 is 2.56 bits per heavy atom. The van der Waals surface area contributed by atoms with Crippen molar-refractivity contribution in [3.05, 3.63) is 29.8 Å². The molecule has 0 fully saturated rings. The van der Waals surface area contributed by atoms with Crippen molar-refractivity contribution in [3.63, 3.8) is 0 Å². The highest BCUT2D eigenvalue weighted by Crippen LogP contribution is 2.30. The summed E-state index contributed by atoms with van der Waals surface area (Å²) in [7, 11) is -3.68. The maximum Gasteiger partial charge on any atom is 0.238 e. The zero-order chi connectivity index (χ0) is 13.6. The second-order valence-corrected chi connectivity index (χ2v) is 6.13. The Bertz CT molecular complexity index is 468. The molecule has 0 amide bonds. The molecule has 1 rings (SSSR count). The topological polar surface area (TPSA) is 60.2 Å². The smallest absolute Gasteiger partial charge is 0.225 e. The molecular formula is C14H22NO2S. The second-order valence-electron chi connectivity index (χ2n) is 4.63. The van der Waals surface area contributed by atoms with Crippen LogP contribution in [0.4, 0.5) is 0 Å². The molecule has 1 aromatic rings. The second kappa shape index (κ2) is 6.90. The van der Waals surface area contributed by atoms with E-state index in [1.165, 1.54) is 0 Å². The first-order chi connectivity index (χ1) is 8.50. The molecule has 1 aromatic carbocycles. The summed E-state index contributed by atoms with van der Waals surface area (Å²) in [5.41, 5.74) is 0.829. The first kappa shape index (κ1) is 15.2. The zero-order valence-corrected chi connectivity index (χ0v) is 12.0. The first-order valence-corrected chi connectivity index (χ1v) is 8.08. The standard InChI is InChI=1S/C14H22NO2S/c1-3-5-9-12(8-4-2)13-10-6-7-11-14(13)18(15,16)17/h6-7,10,12H,3-5,8-9H2,1-2H3,(H2,15,16,17). The van der Waals surface area contributed by atoms with Crippen LogP contribution in [0.3, 0.4) is 0 Å². The van der Waals surface area contributed by atoms with Crippen LogP contribution in [0, 0.1) is 6.07 Å². The van der Waals surface area contributed by atoms with Crippen molar-refractivity contribution in [1.29, 1.82) is 0 Å². The average molecular weight is 268 g/mol. The van der Waals surface area contributed by atoms with E-state index in [0.29, 0.717) is 0 Å². The third-order valence-corrected chi connectivity index (χ3v) is 4.04. The fraction of sp³-hybridized carbons (Fsp3) is 0.571. The van der Waals surface area contributed by atoms with E-state index in [-0.39, 0.29) is 10.8 Å². The first-order valence-electron chi connectivity index (χ1n) is 6.54. The Labute approximate surface area is 110 Å². The Balaban J connectivity index is 3.11. The van der Waals surface area contributed by atoms with E-state index >= 15 is 0 Å². The highest BCUT2D eigenvalue weighted by molar-refractivity contribution is 7.89. The highest BCUT2D eigenvalue weighted by Gasteiger charge is 2.20. The summed E-state index contributed by atoms with van der Waals surface area (Å²) in [6.07, 6.45) is 5.24. The molecular weight excluding hydrogens is 246 g/mol. The minimum Gasteiger partial charge on any atom is -0.225 e. The number of hydrogen-bond donors (Lipinski definition) is 1. The summed E-state index contributed by atoms with van der Waals surface area (Å²) in [5, 5.41) is 5.26. The summed E-state index contributed by atoms with van der Waals surface area (Å²) in [4.78, 5) is 0.166. The third-order valence-electron chi connectivity index (χ3n) is 3.12. The van der Waals surface area contributed by atoms with Gasteiger partial charge in [-0.3, -0.25) is 0 Å². The van der Waals surface area contributed by atoms with Crippen molar-refractivity contribution in [2.45, 2.75) is 56.8 Å². The molecule has 0 aliphatic heterocycles. The number of hydrogen-bond acceptors (Lipinski definition) is 2. The SMILES string of the molecule is CCCCC(CCC)c1ccc[c]c1S(N)(=O)=O. The fourth-order valence-corrected chi connectivity index (χ4v) is 3.05. The van der Waals surface area contributed by atoms with Crippen LogP contribution in [-0.4, -0.2) is 8.42 Å². The minimum absolute atomic E-state index is 0.166. The van der Waals surface area contributed by atoms with Gasteiger partial charge >= 0.3 is 0 Å². The van der Waals surface area contributed by atoms with Crippen LogP contribution in [0.15, 0.2) is 23.1 Å². The van der Waals surface area contributed by atoms with Gasteiger partial charge in [-0.05, 0) is 24.3 Å². The van der Waals surface area contributed by atoms with E-state index in [1.54, 1.807) is 6.07 Å². The number of sulfonamides is 1. The van der Waals surface area contributed by atoms with Gasteiger partial charge in [0.15, 0.2) is 0 Å². The monoisotopic (exact) mass is 268 g/mol. The Morgan fingerprint density at radius 2 is 2.00 bits per heavy atom. The van der Waals surface area contributed by atoms with Gasteiger partial charge in [0.25, 0.3) is 0 Å². The number of unbranched alkanes of at least 4 members (excludes halogenated alkanes) is 1. The summed E-state index contributed by atoms with van der Waals surface area (Å²) < 4.78 is 23.2. The fourth-order valence-electron chi connectivity index (χ4n) is 2.26. The lowest BCUT2D eigenvalue weighted by Gasteiger charge is -2.18. The molecule has 0 saturated heterocycles. The normalized spacial score (nSPS) is 13.5. The van der Waals surface area contributed by atoms with Crippen LogP contribution < -0.4 is 5.14 Å². The molecule has 1 atom stereocenters. The largest absolute Gasteiger partial charge is 0.238 e. The van der Waals surface area contributed by atoms with E-state index in [4.69, 9.17) is 5.14 Å². The van der Waals surface area contributed by atoms with Crippen LogP contribution in [0.5, 0.6) is 0 Å². The van der Waals surface area contributed by atoms with Crippen LogP contribution in [0.25, 0.3) is 0 Å². The molecule has 0 saturated carbocycles. The van der Waals surface area contributed by atoms with Gasteiger partial charge in [0, 0.05) is 6.07 Å². The number of benzene rings is 1. The average Bonchev–Trinajstić information content (AvgIpc) is 2.33. The highest BCUT2D eigenvalue weighted by atomic mass is 32.2. The van der Waals surface area contributed by atoms with Gasteiger partial charge in [-0.25, -0.2) is 13.6 Å². The number of nitrogens with two attached hydrogens (primary N) is 1. The number of rotatable bonds is 7. The molecule has 0 spiro atoms. The van der Waals surface area contributed by atoms with Crippen LogP contribution >= 0.6 is 0 Å². The molecule has 3 nitrogen and oxygen atoms in total. The van der Waals surface area contributed by atoms with Gasteiger partial charge in [-0.2, -0.15) is 0 Å². The van der Waals surface area contributed by atoms with Crippen molar-refractivity contribution >= 4 is 10.0 Å². The maximum absolute atomic E-state index is 11.6.